The van der Waals surface area contributed by atoms with Crippen LogP contribution in [0, 0.1) is 0 Å². The van der Waals surface area contributed by atoms with Crippen molar-refractivity contribution in [3.05, 3.63) is 115 Å². The first-order chi connectivity index (χ1) is 21.3. The van der Waals surface area contributed by atoms with Crippen LogP contribution >= 0.6 is 0 Å². The molecule has 0 aliphatic heterocycles. The van der Waals surface area contributed by atoms with Gasteiger partial charge in [-0.1, -0.05) is 55.7 Å². The monoisotopic (exact) mass is 559 g/mol. The van der Waals surface area contributed by atoms with Crippen LogP contribution in [0.5, 0.6) is 11.5 Å². The highest BCUT2D eigenvalue weighted by atomic mass is 16.5. The molecule has 0 saturated heterocycles. The average Bonchev–Trinajstić information content (AvgIpc) is 3.69. The molecule has 1 fully saturated rings. The highest BCUT2D eigenvalue weighted by Crippen LogP contribution is 2.41. The second kappa shape index (κ2) is 9.66. The lowest BCUT2D eigenvalue weighted by Crippen LogP contribution is -2.06. The number of benzene rings is 3. The zero-order valence-electron chi connectivity index (χ0n) is 23.6. The van der Waals surface area contributed by atoms with Gasteiger partial charge in [0.25, 0.3) is 0 Å². The Kier molecular flexibility index (Phi) is 5.48. The Morgan fingerprint density at radius 1 is 0.651 bits per heavy atom. The smallest absolute Gasteiger partial charge is 0.146 e. The predicted molar refractivity (Wildman–Crippen MR) is 172 cm³/mol. The Labute approximate surface area is 248 Å². The molecule has 5 aromatic heterocycles. The number of fused-ring (bicyclic) bond motifs is 9. The van der Waals surface area contributed by atoms with Crippen LogP contribution in [0.15, 0.2) is 110 Å². The van der Waals surface area contributed by atoms with Crippen molar-refractivity contribution in [3.8, 4) is 17.3 Å². The van der Waals surface area contributed by atoms with E-state index in [1.54, 1.807) is 0 Å². The van der Waals surface area contributed by atoms with Crippen LogP contribution in [-0.2, 0) is 0 Å². The minimum Gasteiger partial charge on any atom is -0.456 e. The van der Waals surface area contributed by atoms with Gasteiger partial charge in [0.05, 0.1) is 28.3 Å². The van der Waals surface area contributed by atoms with E-state index in [1.807, 2.05) is 42.9 Å². The molecular weight excluding hydrogens is 530 g/mol. The first-order valence-electron chi connectivity index (χ1n) is 15.1. The highest BCUT2D eigenvalue weighted by molar-refractivity contribution is 6.12. The molecule has 5 heterocycles. The molecule has 6 heteroatoms. The molecule has 0 unspecified atom stereocenters. The standard InChI is InChI=1S/C37H29N5O/c1-2-9-24(10-3-1)27-12-8-14-32-35(27)36-30(37-39-19-20-41(32)37)21-26(23-40-36)43-25-16-17-29-28-11-4-5-13-31(28)42(33(29)22-25)34-15-6-7-18-38-34/h4-8,11-24H,1-3,9-10H2. The number of aromatic nitrogens is 5. The Balaban J connectivity index is 1.20. The number of hydrogen-bond acceptors (Lipinski definition) is 4. The lowest BCUT2D eigenvalue weighted by Gasteiger charge is -2.24. The van der Waals surface area contributed by atoms with Crippen molar-refractivity contribution in [1.29, 1.82) is 0 Å². The lowest BCUT2D eigenvalue weighted by molar-refractivity contribution is 0.445. The molecule has 0 bridgehead atoms. The van der Waals surface area contributed by atoms with Crippen LogP contribution in [0.3, 0.4) is 0 Å². The van der Waals surface area contributed by atoms with Crippen LogP contribution in [-0.4, -0.2) is 23.9 Å². The van der Waals surface area contributed by atoms with Gasteiger partial charge in [-0.2, -0.15) is 0 Å². The molecule has 0 radical (unpaired) electrons. The first-order valence-corrected chi connectivity index (χ1v) is 15.1. The summed E-state index contributed by atoms with van der Waals surface area (Å²) < 4.78 is 10.9. The van der Waals surface area contributed by atoms with E-state index < -0.39 is 0 Å². The number of imidazole rings is 1. The molecule has 1 aliphatic carbocycles. The van der Waals surface area contributed by atoms with E-state index in [9.17, 15) is 0 Å². The zero-order chi connectivity index (χ0) is 28.3. The fourth-order valence-electron chi connectivity index (χ4n) is 7.22. The molecule has 0 spiro atoms. The Morgan fingerprint density at radius 2 is 1.51 bits per heavy atom. The molecule has 9 rings (SSSR count). The van der Waals surface area contributed by atoms with Crippen molar-refractivity contribution in [2.75, 3.05) is 0 Å². The van der Waals surface area contributed by atoms with E-state index >= 15 is 0 Å². The molecule has 0 N–H and O–H groups in total. The maximum absolute atomic E-state index is 6.53. The zero-order valence-corrected chi connectivity index (χ0v) is 23.6. The van der Waals surface area contributed by atoms with Crippen molar-refractivity contribution in [2.45, 2.75) is 38.0 Å². The minimum absolute atomic E-state index is 0.567. The molecule has 1 saturated carbocycles. The topological polar surface area (TPSA) is 57.2 Å². The number of rotatable bonds is 4. The number of ether oxygens (including phenoxy) is 1. The van der Waals surface area contributed by atoms with Crippen LogP contribution in [0.4, 0.5) is 0 Å². The van der Waals surface area contributed by atoms with E-state index in [-0.39, 0.29) is 0 Å². The third kappa shape index (κ3) is 3.83. The summed E-state index contributed by atoms with van der Waals surface area (Å²) in [5.41, 5.74) is 6.62. The summed E-state index contributed by atoms with van der Waals surface area (Å²) >= 11 is 0. The summed E-state index contributed by atoms with van der Waals surface area (Å²) in [7, 11) is 0. The van der Waals surface area contributed by atoms with E-state index in [1.165, 1.54) is 48.4 Å². The second-order valence-corrected chi connectivity index (χ2v) is 11.6. The number of para-hydroxylation sites is 1. The molecule has 6 nitrogen and oxygen atoms in total. The highest BCUT2D eigenvalue weighted by Gasteiger charge is 2.22. The van der Waals surface area contributed by atoms with Crippen LogP contribution in [0.25, 0.3) is 55.1 Å². The molecule has 1 aliphatic rings. The van der Waals surface area contributed by atoms with E-state index in [0.717, 1.165) is 50.1 Å². The second-order valence-electron chi connectivity index (χ2n) is 11.6. The fraction of sp³-hybridized carbons (Fsp3) is 0.162. The van der Waals surface area contributed by atoms with Crippen LogP contribution in [0.2, 0.25) is 0 Å². The third-order valence-electron chi connectivity index (χ3n) is 9.12. The number of pyridine rings is 3. The van der Waals surface area contributed by atoms with Crippen molar-refractivity contribution in [2.24, 2.45) is 0 Å². The van der Waals surface area contributed by atoms with Gasteiger partial charge < -0.3 is 4.74 Å². The first kappa shape index (κ1) is 24.4. The minimum atomic E-state index is 0.567. The normalized spacial score (nSPS) is 14.4. The van der Waals surface area contributed by atoms with Crippen LogP contribution < -0.4 is 4.74 Å². The van der Waals surface area contributed by atoms with Crippen molar-refractivity contribution in [1.82, 2.24) is 23.9 Å². The molecule has 208 valence electrons. The summed E-state index contributed by atoms with van der Waals surface area (Å²) in [6.07, 6.45) is 14.0. The number of hydrogen-bond donors (Lipinski definition) is 0. The van der Waals surface area contributed by atoms with Gasteiger partial charge in [-0.3, -0.25) is 14.0 Å². The summed E-state index contributed by atoms with van der Waals surface area (Å²) in [6.45, 7) is 0. The Hall–Kier alpha value is -5.23. The Bertz CT molecular complexity index is 2310. The molecule has 3 aromatic carbocycles. The van der Waals surface area contributed by atoms with Crippen molar-refractivity contribution < 1.29 is 4.74 Å². The third-order valence-corrected chi connectivity index (χ3v) is 9.12. The molecule has 0 atom stereocenters. The van der Waals surface area contributed by atoms with Crippen LogP contribution in [0.1, 0.15) is 43.6 Å². The molecule has 8 aromatic rings. The van der Waals surface area contributed by atoms with E-state index in [4.69, 9.17) is 14.7 Å². The number of nitrogens with zero attached hydrogens (tertiary/aromatic N) is 5. The summed E-state index contributed by atoms with van der Waals surface area (Å²) in [5.74, 6) is 2.88. The summed E-state index contributed by atoms with van der Waals surface area (Å²) in [4.78, 5) is 14.5. The summed E-state index contributed by atoms with van der Waals surface area (Å²) in [6, 6.07) is 29.5. The SMILES string of the molecule is c1ccc(-n2c3ccccc3c3ccc(Oc4cnc5c(c4)c4nccn4c4cccc(C6CCCCC6)c54)cc32)nc1. The lowest BCUT2D eigenvalue weighted by atomic mass is 9.82. The quantitative estimate of drug-likeness (QED) is 0.202. The fourth-order valence-corrected chi connectivity index (χ4v) is 7.22. The molecular formula is C37H29N5O. The van der Waals surface area contributed by atoms with Gasteiger partial charge in [0.2, 0.25) is 0 Å². The van der Waals surface area contributed by atoms with E-state index in [0.29, 0.717) is 11.7 Å². The van der Waals surface area contributed by atoms with Crippen molar-refractivity contribution >= 4 is 49.3 Å². The van der Waals surface area contributed by atoms with Gasteiger partial charge in [-0.15, -0.1) is 0 Å². The average molecular weight is 560 g/mol. The van der Waals surface area contributed by atoms with Gasteiger partial charge >= 0.3 is 0 Å². The molecule has 43 heavy (non-hydrogen) atoms. The Morgan fingerprint density at radius 3 is 2.42 bits per heavy atom. The van der Waals surface area contributed by atoms with E-state index in [2.05, 4.69) is 80.8 Å². The van der Waals surface area contributed by atoms with Gasteiger partial charge in [0.1, 0.15) is 23.0 Å². The van der Waals surface area contributed by atoms with Gasteiger partial charge in [-0.25, -0.2) is 9.97 Å². The maximum Gasteiger partial charge on any atom is 0.146 e. The summed E-state index contributed by atoms with van der Waals surface area (Å²) in [5, 5.41) is 4.58. The van der Waals surface area contributed by atoms with Gasteiger partial charge in [0, 0.05) is 46.2 Å². The predicted octanol–water partition coefficient (Wildman–Crippen LogP) is 9.37. The maximum atomic E-state index is 6.53. The van der Waals surface area contributed by atoms with Crippen molar-refractivity contribution in [3.63, 3.8) is 0 Å². The van der Waals surface area contributed by atoms with Gasteiger partial charge in [0.15, 0.2) is 0 Å². The van der Waals surface area contributed by atoms with Gasteiger partial charge in [-0.05, 0) is 66.8 Å². The molecule has 0 amide bonds. The largest absolute Gasteiger partial charge is 0.456 e.